The fraction of sp³-hybridized carbons (Fsp3) is 0.429. The van der Waals surface area contributed by atoms with Gasteiger partial charge in [-0.3, -0.25) is 5.10 Å². The first-order valence-corrected chi connectivity index (χ1v) is 7.15. The molecule has 1 aliphatic heterocycles. The van der Waals surface area contributed by atoms with Crippen LogP contribution in [0.2, 0.25) is 5.02 Å². The zero-order valence-electron chi connectivity index (χ0n) is 11.3. The molecule has 1 aromatic heterocycles. The Morgan fingerprint density at radius 3 is 2.70 bits per heavy atom. The van der Waals surface area contributed by atoms with Crippen molar-refractivity contribution in [3.63, 3.8) is 0 Å². The lowest BCUT2D eigenvalue weighted by molar-refractivity contribution is 0.170. The first-order valence-electron chi connectivity index (χ1n) is 6.77. The molecule has 0 amide bonds. The van der Waals surface area contributed by atoms with E-state index in [-0.39, 0.29) is 6.10 Å². The molecule has 1 saturated heterocycles. The number of H-pyrrole nitrogens is 1. The molecule has 2 heterocycles. The van der Waals surface area contributed by atoms with E-state index < -0.39 is 0 Å². The minimum Gasteiger partial charge on any atom is -0.489 e. The summed E-state index contributed by atoms with van der Waals surface area (Å²) in [6.45, 7) is 3.70. The highest BCUT2D eigenvalue weighted by molar-refractivity contribution is 6.32. The third-order valence-electron chi connectivity index (χ3n) is 3.44. The lowest BCUT2D eigenvalue weighted by Gasteiger charge is -2.31. The average molecular weight is 293 g/mol. The maximum atomic E-state index is 6.11. The van der Waals surface area contributed by atoms with Gasteiger partial charge in [0.1, 0.15) is 17.7 Å². The lowest BCUT2D eigenvalue weighted by Crippen LogP contribution is -2.38. The number of aromatic nitrogens is 3. The molecular weight excluding hydrogens is 276 g/mol. The van der Waals surface area contributed by atoms with Gasteiger partial charge in [0.2, 0.25) is 5.95 Å². The van der Waals surface area contributed by atoms with Crippen molar-refractivity contribution in [1.82, 2.24) is 15.2 Å². The van der Waals surface area contributed by atoms with Gasteiger partial charge in [-0.25, -0.2) is 0 Å². The third kappa shape index (κ3) is 2.88. The topological polar surface area (TPSA) is 54.0 Å². The molecule has 6 heteroatoms. The van der Waals surface area contributed by atoms with Gasteiger partial charge in [0.25, 0.3) is 0 Å². The highest BCUT2D eigenvalue weighted by Gasteiger charge is 2.23. The highest BCUT2D eigenvalue weighted by atomic mass is 35.5. The number of anilines is 1. The van der Waals surface area contributed by atoms with E-state index in [0.717, 1.165) is 43.5 Å². The van der Waals surface area contributed by atoms with E-state index in [1.807, 2.05) is 31.2 Å². The fourth-order valence-corrected chi connectivity index (χ4v) is 2.55. The molecule has 1 fully saturated rings. The molecule has 3 rings (SSSR count). The van der Waals surface area contributed by atoms with Gasteiger partial charge in [-0.2, -0.15) is 4.98 Å². The van der Waals surface area contributed by atoms with Crippen molar-refractivity contribution in [2.75, 3.05) is 18.0 Å². The second-order valence-corrected chi connectivity index (χ2v) is 5.36. The predicted molar refractivity (Wildman–Crippen MR) is 78.4 cm³/mol. The summed E-state index contributed by atoms with van der Waals surface area (Å²) in [6.07, 6.45) is 2.09. The van der Waals surface area contributed by atoms with Crippen molar-refractivity contribution in [2.24, 2.45) is 0 Å². The van der Waals surface area contributed by atoms with Crippen LogP contribution in [0.15, 0.2) is 24.3 Å². The molecule has 0 aliphatic carbocycles. The van der Waals surface area contributed by atoms with Crippen molar-refractivity contribution in [1.29, 1.82) is 0 Å². The summed E-state index contributed by atoms with van der Waals surface area (Å²) in [6, 6.07) is 7.60. The van der Waals surface area contributed by atoms with Crippen LogP contribution in [0.1, 0.15) is 18.7 Å². The van der Waals surface area contributed by atoms with Gasteiger partial charge in [0.15, 0.2) is 0 Å². The number of benzene rings is 1. The van der Waals surface area contributed by atoms with Gasteiger partial charge >= 0.3 is 0 Å². The monoisotopic (exact) mass is 292 g/mol. The van der Waals surface area contributed by atoms with E-state index in [4.69, 9.17) is 16.3 Å². The summed E-state index contributed by atoms with van der Waals surface area (Å²) in [5.41, 5.74) is 0. The molecular formula is C14H17ClN4O. The molecule has 106 valence electrons. The smallest absolute Gasteiger partial charge is 0.244 e. The Morgan fingerprint density at radius 1 is 1.30 bits per heavy atom. The fourth-order valence-electron chi connectivity index (χ4n) is 2.37. The standard InChI is InChI=1S/C14H17ClN4O/c1-10-16-14(18-17-10)19-8-6-11(7-9-19)20-13-5-3-2-4-12(13)15/h2-5,11H,6-9H2,1H3,(H,16,17,18). The van der Waals surface area contributed by atoms with Gasteiger partial charge < -0.3 is 9.64 Å². The molecule has 20 heavy (non-hydrogen) atoms. The first kappa shape index (κ1) is 13.2. The van der Waals surface area contributed by atoms with Crippen molar-refractivity contribution < 1.29 is 4.74 Å². The lowest BCUT2D eigenvalue weighted by atomic mass is 10.1. The molecule has 0 saturated carbocycles. The maximum absolute atomic E-state index is 6.11. The second kappa shape index (κ2) is 5.71. The van der Waals surface area contributed by atoms with Crippen LogP contribution >= 0.6 is 11.6 Å². The Kier molecular flexibility index (Phi) is 3.78. The van der Waals surface area contributed by atoms with Crippen molar-refractivity contribution in [3.8, 4) is 5.75 Å². The molecule has 1 aromatic carbocycles. The van der Waals surface area contributed by atoms with E-state index in [0.29, 0.717) is 5.02 Å². The SMILES string of the molecule is Cc1nc(N2CCC(Oc3ccccc3Cl)CC2)n[nH]1. The van der Waals surface area contributed by atoms with E-state index >= 15 is 0 Å². The van der Waals surface area contributed by atoms with Gasteiger partial charge in [-0.1, -0.05) is 23.7 Å². The third-order valence-corrected chi connectivity index (χ3v) is 3.75. The van der Waals surface area contributed by atoms with Crippen LogP contribution < -0.4 is 9.64 Å². The van der Waals surface area contributed by atoms with Gasteiger partial charge in [0, 0.05) is 25.9 Å². The molecule has 0 unspecified atom stereocenters. The van der Waals surface area contributed by atoms with Crippen LogP contribution in [-0.2, 0) is 0 Å². The molecule has 0 bridgehead atoms. The zero-order chi connectivity index (χ0) is 13.9. The van der Waals surface area contributed by atoms with Crippen molar-refractivity contribution in [2.45, 2.75) is 25.9 Å². The number of nitrogens with one attached hydrogen (secondary N) is 1. The average Bonchev–Trinajstić information content (AvgIpc) is 2.89. The van der Waals surface area contributed by atoms with Crippen molar-refractivity contribution in [3.05, 3.63) is 35.1 Å². The van der Waals surface area contributed by atoms with E-state index in [2.05, 4.69) is 20.1 Å². The molecule has 5 nitrogen and oxygen atoms in total. The van der Waals surface area contributed by atoms with E-state index in [9.17, 15) is 0 Å². The summed E-state index contributed by atoms with van der Waals surface area (Å²) < 4.78 is 5.97. The Hall–Kier alpha value is -1.75. The van der Waals surface area contributed by atoms with Crippen LogP contribution in [0.4, 0.5) is 5.95 Å². The Labute approximate surface area is 122 Å². The summed E-state index contributed by atoms with van der Waals surface area (Å²) >= 11 is 6.11. The number of ether oxygens (including phenoxy) is 1. The highest BCUT2D eigenvalue weighted by Crippen LogP contribution is 2.27. The quantitative estimate of drug-likeness (QED) is 0.945. The molecule has 1 N–H and O–H groups in total. The number of aryl methyl sites for hydroxylation is 1. The largest absolute Gasteiger partial charge is 0.489 e. The number of nitrogens with zero attached hydrogens (tertiary/aromatic N) is 3. The summed E-state index contributed by atoms with van der Waals surface area (Å²) in [5.74, 6) is 2.38. The molecule has 0 atom stereocenters. The van der Waals surface area contributed by atoms with Crippen molar-refractivity contribution >= 4 is 17.5 Å². The summed E-state index contributed by atoms with van der Waals surface area (Å²) in [4.78, 5) is 6.53. The molecule has 1 aliphatic rings. The Balaban J connectivity index is 1.58. The number of halogens is 1. The first-order chi connectivity index (χ1) is 9.72. The minimum absolute atomic E-state index is 0.200. The number of para-hydroxylation sites is 1. The summed E-state index contributed by atoms with van der Waals surface area (Å²) in [5, 5.41) is 7.73. The molecule has 0 spiro atoms. The maximum Gasteiger partial charge on any atom is 0.244 e. The van der Waals surface area contributed by atoms with Crippen LogP contribution in [0.5, 0.6) is 5.75 Å². The molecule has 0 radical (unpaired) electrons. The zero-order valence-corrected chi connectivity index (χ0v) is 12.1. The number of hydrogen-bond acceptors (Lipinski definition) is 4. The van der Waals surface area contributed by atoms with Crippen LogP contribution in [0, 0.1) is 6.92 Å². The van der Waals surface area contributed by atoms with Crippen LogP contribution in [0.25, 0.3) is 0 Å². The van der Waals surface area contributed by atoms with Gasteiger partial charge in [0.05, 0.1) is 5.02 Å². The van der Waals surface area contributed by atoms with Gasteiger partial charge in [-0.15, -0.1) is 5.10 Å². The normalized spacial score (nSPS) is 16.4. The molecule has 2 aromatic rings. The summed E-state index contributed by atoms with van der Waals surface area (Å²) in [7, 11) is 0. The minimum atomic E-state index is 0.200. The van der Waals surface area contributed by atoms with Crippen LogP contribution in [0.3, 0.4) is 0 Å². The second-order valence-electron chi connectivity index (χ2n) is 4.96. The Morgan fingerprint density at radius 2 is 2.05 bits per heavy atom. The predicted octanol–water partition coefficient (Wildman–Crippen LogP) is 2.81. The Bertz CT molecular complexity index is 578. The van der Waals surface area contributed by atoms with Crippen LogP contribution in [-0.4, -0.2) is 34.4 Å². The van der Waals surface area contributed by atoms with E-state index in [1.54, 1.807) is 0 Å². The number of rotatable bonds is 3. The van der Waals surface area contributed by atoms with E-state index in [1.165, 1.54) is 0 Å². The van der Waals surface area contributed by atoms with Gasteiger partial charge in [-0.05, 0) is 19.1 Å². The number of piperidine rings is 1. The number of aromatic amines is 1. The number of hydrogen-bond donors (Lipinski definition) is 1.